The molecular formula is C12H21ClN4O. The number of nitrogens with two attached hydrogens (primary N) is 1. The number of rotatable bonds is 6. The third-order valence-electron chi connectivity index (χ3n) is 2.49. The standard InChI is InChI=1S/C12H20N4O.ClH/c1-3-16(4-2)11-6-5-10(9-14-11)15-12(17)7-8-13;/h5-6,9H,3-4,7-8,13H2,1-2H3,(H,15,17);1H. The van der Waals surface area contributed by atoms with Gasteiger partial charge in [0.05, 0.1) is 11.9 Å². The molecule has 0 aromatic carbocycles. The van der Waals surface area contributed by atoms with Gasteiger partial charge in [-0.1, -0.05) is 0 Å². The highest BCUT2D eigenvalue weighted by Gasteiger charge is 2.04. The van der Waals surface area contributed by atoms with Crippen LogP contribution in [0.15, 0.2) is 18.3 Å². The molecule has 0 bridgehead atoms. The third kappa shape index (κ3) is 4.89. The normalized spacial score (nSPS) is 9.50. The van der Waals surface area contributed by atoms with Crippen molar-refractivity contribution in [2.24, 2.45) is 5.73 Å². The van der Waals surface area contributed by atoms with E-state index in [0.717, 1.165) is 18.9 Å². The van der Waals surface area contributed by atoms with Crippen LogP contribution in [0.4, 0.5) is 11.5 Å². The lowest BCUT2D eigenvalue weighted by Gasteiger charge is -2.19. The van der Waals surface area contributed by atoms with E-state index >= 15 is 0 Å². The molecule has 102 valence electrons. The maximum absolute atomic E-state index is 11.3. The largest absolute Gasteiger partial charge is 0.357 e. The minimum atomic E-state index is -0.0788. The van der Waals surface area contributed by atoms with Crippen molar-refractivity contribution in [2.75, 3.05) is 29.9 Å². The molecule has 0 aliphatic rings. The van der Waals surface area contributed by atoms with Crippen LogP contribution in [0.3, 0.4) is 0 Å². The molecule has 1 aromatic heterocycles. The highest BCUT2D eigenvalue weighted by molar-refractivity contribution is 5.90. The van der Waals surface area contributed by atoms with Crippen molar-refractivity contribution >= 4 is 29.8 Å². The zero-order chi connectivity index (χ0) is 12.7. The maximum Gasteiger partial charge on any atom is 0.225 e. The summed E-state index contributed by atoms with van der Waals surface area (Å²) in [5, 5.41) is 2.75. The first kappa shape index (κ1) is 16.7. The summed E-state index contributed by atoms with van der Waals surface area (Å²) in [5.74, 6) is 0.844. The van der Waals surface area contributed by atoms with Gasteiger partial charge in [-0.25, -0.2) is 4.98 Å². The monoisotopic (exact) mass is 272 g/mol. The molecule has 0 radical (unpaired) electrons. The van der Waals surface area contributed by atoms with Gasteiger partial charge in [0, 0.05) is 26.1 Å². The van der Waals surface area contributed by atoms with E-state index in [9.17, 15) is 4.79 Å². The number of aromatic nitrogens is 1. The highest BCUT2D eigenvalue weighted by Crippen LogP contribution is 2.13. The quantitative estimate of drug-likeness (QED) is 0.826. The first-order valence-electron chi connectivity index (χ1n) is 5.92. The molecule has 0 atom stereocenters. The van der Waals surface area contributed by atoms with E-state index in [4.69, 9.17) is 5.73 Å². The van der Waals surface area contributed by atoms with Gasteiger partial charge in [-0.05, 0) is 26.0 Å². The van der Waals surface area contributed by atoms with Crippen LogP contribution in [-0.2, 0) is 4.79 Å². The van der Waals surface area contributed by atoms with Crippen molar-refractivity contribution in [1.82, 2.24) is 4.98 Å². The average Bonchev–Trinajstić information content (AvgIpc) is 2.33. The fourth-order valence-corrected chi connectivity index (χ4v) is 1.55. The molecular weight excluding hydrogens is 252 g/mol. The van der Waals surface area contributed by atoms with Crippen molar-refractivity contribution in [3.05, 3.63) is 18.3 Å². The average molecular weight is 273 g/mol. The molecule has 3 N–H and O–H groups in total. The van der Waals surface area contributed by atoms with E-state index in [1.807, 2.05) is 12.1 Å². The predicted molar refractivity (Wildman–Crippen MR) is 77.3 cm³/mol. The van der Waals surface area contributed by atoms with E-state index in [1.165, 1.54) is 0 Å². The fraction of sp³-hybridized carbons (Fsp3) is 0.500. The van der Waals surface area contributed by atoms with Crippen molar-refractivity contribution in [2.45, 2.75) is 20.3 Å². The van der Waals surface area contributed by atoms with Crippen LogP contribution in [0.1, 0.15) is 20.3 Å². The van der Waals surface area contributed by atoms with Gasteiger partial charge >= 0.3 is 0 Å². The molecule has 0 spiro atoms. The van der Waals surface area contributed by atoms with Crippen LogP contribution in [0.25, 0.3) is 0 Å². The Kier molecular flexibility index (Phi) is 8.07. The van der Waals surface area contributed by atoms with Crippen LogP contribution in [0.5, 0.6) is 0 Å². The Balaban J connectivity index is 0.00000289. The first-order chi connectivity index (χ1) is 8.21. The van der Waals surface area contributed by atoms with E-state index < -0.39 is 0 Å². The summed E-state index contributed by atoms with van der Waals surface area (Å²) in [6, 6.07) is 3.76. The van der Waals surface area contributed by atoms with Gasteiger partial charge in [-0.15, -0.1) is 12.4 Å². The van der Waals surface area contributed by atoms with E-state index in [-0.39, 0.29) is 18.3 Å². The van der Waals surface area contributed by atoms with Gasteiger partial charge in [0.2, 0.25) is 5.91 Å². The summed E-state index contributed by atoms with van der Waals surface area (Å²) in [6.07, 6.45) is 2.00. The van der Waals surface area contributed by atoms with E-state index in [0.29, 0.717) is 18.7 Å². The molecule has 1 amide bonds. The maximum atomic E-state index is 11.3. The number of anilines is 2. The molecule has 1 rings (SSSR count). The highest BCUT2D eigenvalue weighted by atomic mass is 35.5. The first-order valence-corrected chi connectivity index (χ1v) is 5.92. The minimum absolute atomic E-state index is 0. The Labute approximate surface area is 114 Å². The lowest BCUT2D eigenvalue weighted by Crippen LogP contribution is -2.23. The molecule has 0 fully saturated rings. The molecule has 0 unspecified atom stereocenters. The Bertz CT molecular complexity index is 352. The number of carbonyl (C=O) groups is 1. The number of hydrogen-bond acceptors (Lipinski definition) is 4. The number of carbonyl (C=O) groups excluding carboxylic acids is 1. The van der Waals surface area contributed by atoms with Crippen LogP contribution in [-0.4, -0.2) is 30.5 Å². The van der Waals surface area contributed by atoms with E-state index in [1.54, 1.807) is 6.20 Å². The number of pyridine rings is 1. The summed E-state index contributed by atoms with van der Waals surface area (Å²) < 4.78 is 0. The van der Waals surface area contributed by atoms with Gasteiger partial charge in [0.25, 0.3) is 0 Å². The summed E-state index contributed by atoms with van der Waals surface area (Å²) in [6.45, 7) is 6.37. The van der Waals surface area contributed by atoms with Crippen molar-refractivity contribution < 1.29 is 4.79 Å². The van der Waals surface area contributed by atoms with Crippen LogP contribution < -0.4 is 16.0 Å². The lowest BCUT2D eigenvalue weighted by molar-refractivity contribution is -0.116. The Morgan fingerprint density at radius 3 is 2.50 bits per heavy atom. The molecule has 18 heavy (non-hydrogen) atoms. The SMILES string of the molecule is CCN(CC)c1ccc(NC(=O)CCN)cn1.Cl. The van der Waals surface area contributed by atoms with Gasteiger partial charge in [0.15, 0.2) is 0 Å². The van der Waals surface area contributed by atoms with E-state index in [2.05, 4.69) is 29.0 Å². The molecule has 5 nitrogen and oxygen atoms in total. The van der Waals surface area contributed by atoms with Crippen molar-refractivity contribution in [3.63, 3.8) is 0 Å². The zero-order valence-corrected chi connectivity index (χ0v) is 11.7. The van der Waals surface area contributed by atoms with Crippen LogP contribution in [0, 0.1) is 0 Å². The van der Waals surface area contributed by atoms with Gasteiger partial charge in [0.1, 0.15) is 5.82 Å². The van der Waals surface area contributed by atoms with Crippen molar-refractivity contribution in [3.8, 4) is 0 Å². The smallest absolute Gasteiger partial charge is 0.225 e. The second-order valence-electron chi connectivity index (χ2n) is 3.66. The molecule has 1 aromatic rings. The van der Waals surface area contributed by atoms with Gasteiger partial charge in [-0.2, -0.15) is 0 Å². The number of nitrogens with zero attached hydrogens (tertiary/aromatic N) is 2. The summed E-state index contributed by atoms with van der Waals surface area (Å²) >= 11 is 0. The summed E-state index contributed by atoms with van der Waals surface area (Å²) in [7, 11) is 0. The molecule has 1 heterocycles. The number of amides is 1. The zero-order valence-electron chi connectivity index (χ0n) is 10.8. The Morgan fingerprint density at radius 1 is 1.39 bits per heavy atom. The number of nitrogens with one attached hydrogen (secondary N) is 1. The van der Waals surface area contributed by atoms with Gasteiger partial charge in [-0.3, -0.25) is 4.79 Å². The molecule has 0 aliphatic carbocycles. The van der Waals surface area contributed by atoms with Crippen LogP contribution in [0.2, 0.25) is 0 Å². The summed E-state index contributed by atoms with van der Waals surface area (Å²) in [5.41, 5.74) is 6.01. The second-order valence-corrected chi connectivity index (χ2v) is 3.66. The van der Waals surface area contributed by atoms with Crippen LogP contribution >= 0.6 is 12.4 Å². The molecule has 0 aliphatic heterocycles. The molecule has 6 heteroatoms. The minimum Gasteiger partial charge on any atom is -0.357 e. The fourth-order valence-electron chi connectivity index (χ4n) is 1.55. The Morgan fingerprint density at radius 2 is 2.06 bits per heavy atom. The molecule has 0 saturated heterocycles. The van der Waals surface area contributed by atoms with Crippen molar-refractivity contribution in [1.29, 1.82) is 0 Å². The van der Waals surface area contributed by atoms with Gasteiger partial charge < -0.3 is 16.0 Å². The predicted octanol–water partition coefficient (Wildman–Crippen LogP) is 1.64. The molecule has 0 saturated carbocycles. The number of hydrogen-bond donors (Lipinski definition) is 2. The summed E-state index contributed by atoms with van der Waals surface area (Å²) in [4.78, 5) is 17.8. The Hall–Kier alpha value is -1.33. The number of halogens is 1. The topological polar surface area (TPSA) is 71.2 Å². The second kappa shape index (κ2) is 8.72. The third-order valence-corrected chi connectivity index (χ3v) is 2.49. The lowest BCUT2D eigenvalue weighted by atomic mass is 10.3.